The fourth-order valence-corrected chi connectivity index (χ4v) is 3.41. The first-order chi connectivity index (χ1) is 4.64. The van der Waals surface area contributed by atoms with Crippen molar-refractivity contribution in [3.05, 3.63) is 0 Å². The van der Waals surface area contributed by atoms with Crippen molar-refractivity contribution >= 4 is 21.4 Å². The third kappa shape index (κ3) is 2.13. The Morgan fingerprint density at radius 1 is 1.50 bits per heavy atom. The summed E-state index contributed by atoms with van der Waals surface area (Å²) in [5, 5.41) is 0. The molecule has 0 aromatic carbocycles. The Morgan fingerprint density at radius 3 is 2.60 bits per heavy atom. The number of halogens is 1. The first-order valence-corrected chi connectivity index (χ1v) is 5.76. The minimum Gasteiger partial charge on any atom is -0.229 e. The number of sulfone groups is 1. The summed E-state index contributed by atoms with van der Waals surface area (Å²) in [6, 6.07) is 0. The molecule has 1 heterocycles. The highest BCUT2D eigenvalue weighted by atomic mass is 35.5. The van der Waals surface area contributed by atoms with Crippen LogP contribution < -0.4 is 0 Å². The third-order valence-corrected chi connectivity index (χ3v) is 4.10. The molecule has 0 amide bonds. The molecule has 0 N–H and O–H groups in total. The SMILES string of the molecule is O=S1(=O)CCC[C@H](CCl)C1. The average molecular weight is 183 g/mol. The van der Waals surface area contributed by atoms with Gasteiger partial charge in [0.1, 0.15) is 0 Å². The van der Waals surface area contributed by atoms with Gasteiger partial charge >= 0.3 is 0 Å². The Labute approximate surface area is 66.5 Å². The molecule has 1 aliphatic heterocycles. The maximum absolute atomic E-state index is 11.0. The highest BCUT2D eigenvalue weighted by Crippen LogP contribution is 2.18. The molecule has 2 nitrogen and oxygen atoms in total. The predicted octanol–water partition coefficient (Wildman–Crippen LogP) is 1.05. The van der Waals surface area contributed by atoms with Gasteiger partial charge in [-0.05, 0) is 18.8 Å². The normalized spacial score (nSPS) is 31.9. The van der Waals surface area contributed by atoms with Crippen molar-refractivity contribution in [1.29, 1.82) is 0 Å². The lowest BCUT2D eigenvalue weighted by Gasteiger charge is -2.18. The van der Waals surface area contributed by atoms with E-state index in [0.717, 1.165) is 12.8 Å². The van der Waals surface area contributed by atoms with Crippen LogP contribution in [0.4, 0.5) is 0 Å². The molecule has 0 aromatic rings. The summed E-state index contributed by atoms with van der Waals surface area (Å²) >= 11 is 5.54. The van der Waals surface area contributed by atoms with Crippen molar-refractivity contribution in [2.45, 2.75) is 12.8 Å². The van der Waals surface area contributed by atoms with Crippen molar-refractivity contribution in [1.82, 2.24) is 0 Å². The summed E-state index contributed by atoms with van der Waals surface area (Å²) in [4.78, 5) is 0. The predicted molar refractivity (Wildman–Crippen MR) is 42.1 cm³/mol. The number of hydrogen-bond donors (Lipinski definition) is 0. The van der Waals surface area contributed by atoms with Crippen LogP contribution in [-0.2, 0) is 9.84 Å². The van der Waals surface area contributed by atoms with Gasteiger partial charge in [-0.2, -0.15) is 0 Å². The fraction of sp³-hybridized carbons (Fsp3) is 1.00. The highest BCUT2D eigenvalue weighted by Gasteiger charge is 2.23. The van der Waals surface area contributed by atoms with E-state index in [-0.39, 0.29) is 5.92 Å². The molecule has 0 saturated carbocycles. The van der Waals surface area contributed by atoms with Crippen molar-refractivity contribution in [2.75, 3.05) is 17.4 Å². The molecule has 4 heteroatoms. The molecule has 0 bridgehead atoms. The number of alkyl halides is 1. The number of rotatable bonds is 1. The van der Waals surface area contributed by atoms with Crippen molar-refractivity contribution in [3.63, 3.8) is 0 Å². The van der Waals surface area contributed by atoms with E-state index in [4.69, 9.17) is 11.6 Å². The van der Waals surface area contributed by atoms with Crippen LogP contribution in [0.2, 0.25) is 0 Å². The minimum absolute atomic E-state index is 0.209. The van der Waals surface area contributed by atoms with Gasteiger partial charge in [0, 0.05) is 5.88 Å². The summed E-state index contributed by atoms with van der Waals surface area (Å²) in [7, 11) is -2.73. The lowest BCUT2D eigenvalue weighted by Crippen LogP contribution is -2.25. The van der Waals surface area contributed by atoms with Gasteiger partial charge in [-0.15, -0.1) is 11.6 Å². The standard InChI is InChI=1S/C6H11ClO2S/c7-4-6-2-1-3-10(8,9)5-6/h6H,1-5H2/t6-/m1/s1. The van der Waals surface area contributed by atoms with E-state index in [2.05, 4.69) is 0 Å². The topological polar surface area (TPSA) is 34.1 Å². The molecule has 1 atom stereocenters. The molecular formula is C6H11ClO2S. The van der Waals surface area contributed by atoms with E-state index >= 15 is 0 Å². The smallest absolute Gasteiger partial charge is 0.150 e. The van der Waals surface area contributed by atoms with Crippen molar-refractivity contribution in [3.8, 4) is 0 Å². The second kappa shape index (κ2) is 3.09. The Hall–Kier alpha value is 0.240. The van der Waals surface area contributed by atoms with Gasteiger partial charge in [-0.3, -0.25) is 0 Å². The van der Waals surface area contributed by atoms with Gasteiger partial charge in [0.25, 0.3) is 0 Å². The van der Waals surface area contributed by atoms with E-state index in [1.165, 1.54) is 0 Å². The molecule has 0 aliphatic carbocycles. The summed E-state index contributed by atoms with van der Waals surface area (Å²) in [6.07, 6.45) is 1.77. The largest absolute Gasteiger partial charge is 0.229 e. The maximum atomic E-state index is 11.0. The average Bonchev–Trinajstić information content (AvgIpc) is 1.86. The molecular weight excluding hydrogens is 172 g/mol. The summed E-state index contributed by atoms with van der Waals surface area (Å²) in [5.41, 5.74) is 0. The van der Waals surface area contributed by atoms with Crippen LogP contribution in [0.3, 0.4) is 0 Å². The molecule has 0 spiro atoms. The summed E-state index contributed by atoms with van der Waals surface area (Å²) < 4.78 is 21.9. The van der Waals surface area contributed by atoms with Gasteiger partial charge in [0.15, 0.2) is 9.84 Å². The highest BCUT2D eigenvalue weighted by molar-refractivity contribution is 7.91. The fourth-order valence-electron chi connectivity index (χ4n) is 1.24. The van der Waals surface area contributed by atoms with E-state index in [1.807, 2.05) is 0 Å². The Morgan fingerprint density at radius 2 is 2.20 bits per heavy atom. The van der Waals surface area contributed by atoms with Crippen LogP contribution in [0, 0.1) is 5.92 Å². The van der Waals surface area contributed by atoms with Crippen LogP contribution >= 0.6 is 11.6 Å². The Bertz CT molecular complexity index is 198. The van der Waals surface area contributed by atoms with Crippen molar-refractivity contribution in [2.24, 2.45) is 5.92 Å². The monoisotopic (exact) mass is 182 g/mol. The van der Waals surface area contributed by atoms with Gasteiger partial charge < -0.3 is 0 Å². The molecule has 0 aromatic heterocycles. The molecule has 0 radical (unpaired) electrons. The molecule has 1 rings (SSSR count). The number of hydrogen-bond acceptors (Lipinski definition) is 2. The van der Waals surface area contributed by atoms with Crippen LogP contribution in [0.5, 0.6) is 0 Å². The lowest BCUT2D eigenvalue weighted by atomic mass is 10.1. The zero-order valence-electron chi connectivity index (χ0n) is 5.72. The molecule has 60 valence electrons. The van der Waals surface area contributed by atoms with Crippen LogP contribution in [0.15, 0.2) is 0 Å². The second-order valence-electron chi connectivity index (χ2n) is 2.78. The van der Waals surface area contributed by atoms with E-state index in [9.17, 15) is 8.42 Å². The van der Waals surface area contributed by atoms with Gasteiger partial charge in [0.05, 0.1) is 11.5 Å². The minimum atomic E-state index is -2.73. The molecule has 1 fully saturated rings. The van der Waals surface area contributed by atoms with Gasteiger partial charge in [-0.1, -0.05) is 0 Å². The van der Waals surface area contributed by atoms with Crippen molar-refractivity contribution < 1.29 is 8.42 Å². The quantitative estimate of drug-likeness (QED) is 0.569. The van der Waals surface area contributed by atoms with Crippen LogP contribution in [-0.4, -0.2) is 25.8 Å². The Balaban J connectivity index is 2.56. The van der Waals surface area contributed by atoms with E-state index in [1.54, 1.807) is 0 Å². The van der Waals surface area contributed by atoms with Gasteiger partial charge in [0.2, 0.25) is 0 Å². The summed E-state index contributed by atoms with van der Waals surface area (Å²) in [5.74, 6) is 1.36. The van der Waals surface area contributed by atoms with E-state index in [0.29, 0.717) is 17.4 Å². The first-order valence-electron chi connectivity index (χ1n) is 3.40. The third-order valence-electron chi connectivity index (χ3n) is 1.78. The zero-order chi connectivity index (χ0) is 7.61. The first kappa shape index (κ1) is 8.34. The van der Waals surface area contributed by atoms with Crippen LogP contribution in [0.25, 0.3) is 0 Å². The molecule has 0 unspecified atom stereocenters. The summed E-state index contributed by atoms with van der Waals surface area (Å²) in [6.45, 7) is 0. The Kier molecular flexibility index (Phi) is 2.58. The molecule has 1 saturated heterocycles. The van der Waals surface area contributed by atoms with E-state index < -0.39 is 9.84 Å². The maximum Gasteiger partial charge on any atom is 0.150 e. The van der Waals surface area contributed by atoms with Crippen LogP contribution in [0.1, 0.15) is 12.8 Å². The van der Waals surface area contributed by atoms with Gasteiger partial charge in [-0.25, -0.2) is 8.42 Å². The molecule has 1 aliphatic rings. The second-order valence-corrected chi connectivity index (χ2v) is 5.31. The molecule has 10 heavy (non-hydrogen) atoms. The lowest BCUT2D eigenvalue weighted by molar-refractivity contribution is 0.519. The zero-order valence-corrected chi connectivity index (χ0v) is 7.29.